The molecule has 0 saturated heterocycles. The van der Waals surface area contributed by atoms with Crippen LogP contribution in [0.2, 0.25) is 0 Å². The summed E-state index contributed by atoms with van der Waals surface area (Å²) < 4.78 is 83.3. The standard InChI is InChI=1S/C34H44F2N7O12PS/c1-6-48-24-9-7-23(8-10-24)38-14-26(29(37)30-25(35)11-12-28(36)42-30)40-31(44)27-16-57-32(41-27)22-13-39-43(15-22)17-51-56(47,52-18-49-33(45)54-20(2)3)53-19-50-34(46)55-21(4)5/h11-16,20-21,23-24H,6-10,17-19,37H2,1-5H3,(H,40,44). The fraction of sp³-hybridized carbons (Fsp3) is 0.500. The molecule has 3 aromatic heterocycles. The zero-order valence-electron chi connectivity index (χ0n) is 31.8. The van der Waals surface area contributed by atoms with Gasteiger partial charge in [0, 0.05) is 30.0 Å². The number of ether oxygens (including phenoxy) is 5. The molecule has 0 bridgehead atoms. The number of pyridine rings is 1. The maximum atomic E-state index is 14.7. The minimum Gasteiger partial charge on any atom is -0.432 e. The predicted octanol–water partition coefficient (Wildman–Crippen LogP) is 6.31. The minimum atomic E-state index is -4.58. The lowest BCUT2D eigenvalue weighted by atomic mass is 9.93. The fourth-order valence-corrected chi connectivity index (χ4v) is 6.52. The number of thiazole rings is 1. The lowest BCUT2D eigenvalue weighted by Crippen LogP contribution is -2.28. The Morgan fingerprint density at radius 2 is 1.67 bits per heavy atom. The van der Waals surface area contributed by atoms with E-state index in [0.717, 1.165) is 36.3 Å². The van der Waals surface area contributed by atoms with Gasteiger partial charge in [-0.05, 0) is 72.4 Å². The van der Waals surface area contributed by atoms with Crippen molar-refractivity contribution in [2.24, 2.45) is 10.7 Å². The summed E-state index contributed by atoms with van der Waals surface area (Å²) in [5.41, 5.74) is 5.62. The third kappa shape index (κ3) is 14.5. The molecule has 1 amide bonds. The number of phosphoric ester groups is 1. The Morgan fingerprint density at radius 3 is 2.28 bits per heavy atom. The van der Waals surface area contributed by atoms with Gasteiger partial charge in [-0.25, -0.2) is 42.2 Å². The molecule has 3 N–H and O–H groups in total. The Kier molecular flexibility index (Phi) is 17.0. The van der Waals surface area contributed by atoms with Crippen LogP contribution in [0.15, 0.2) is 40.6 Å². The molecule has 0 unspecified atom stereocenters. The Hall–Kier alpha value is -4.86. The van der Waals surface area contributed by atoms with Crippen LogP contribution in [0, 0.1) is 11.8 Å². The van der Waals surface area contributed by atoms with E-state index in [1.807, 2.05) is 6.92 Å². The molecule has 23 heteroatoms. The minimum absolute atomic E-state index is 0.0547. The summed E-state index contributed by atoms with van der Waals surface area (Å²) in [5, 5.41) is 8.50. The smallest absolute Gasteiger partial charge is 0.432 e. The zero-order chi connectivity index (χ0) is 41.5. The van der Waals surface area contributed by atoms with Gasteiger partial charge in [-0.3, -0.25) is 14.3 Å². The van der Waals surface area contributed by atoms with Gasteiger partial charge in [0.2, 0.25) is 19.5 Å². The Morgan fingerprint density at radius 1 is 1.02 bits per heavy atom. The van der Waals surface area contributed by atoms with Gasteiger partial charge in [0.25, 0.3) is 5.91 Å². The molecular formula is C34H44F2N7O12PS. The maximum Gasteiger partial charge on any atom is 0.510 e. The van der Waals surface area contributed by atoms with E-state index in [2.05, 4.69) is 25.4 Å². The van der Waals surface area contributed by atoms with Crippen molar-refractivity contribution in [2.45, 2.75) is 91.4 Å². The average Bonchev–Trinajstić information content (AvgIpc) is 3.84. The zero-order valence-corrected chi connectivity index (χ0v) is 33.5. The first kappa shape index (κ1) is 44.8. The molecule has 0 atom stereocenters. The van der Waals surface area contributed by atoms with Crippen LogP contribution in [0.25, 0.3) is 16.3 Å². The van der Waals surface area contributed by atoms with Gasteiger partial charge in [0.15, 0.2) is 12.5 Å². The lowest BCUT2D eigenvalue weighted by Gasteiger charge is -2.26. The van der Waals surface area contributed by atoms with E-state index in [-0.39, 0.29) is 29.2 Å². The van der Waals surface area contributed by atoms with Gasteiger partial charge >= 0.3 is 20.1 Å². The highest BCUT2D eigenvalue weighted by Gasteiger charge is 2.30. The van der Waals surface area contributed by atoms with Gasteiger partial charge in [-0.2, -0.15) is 9.49 Å². The second-order valence-electron chi connectivity index (χ2n) is 12.5. The van der Waals surface area contributed by atoms with Crippen molar-refractivity contribution in [1.29, 1.82) is 0 Å². The number of halogens is 2. The molecule has 57 heavy (non-hydrogen) atoms. The van der Waals surface area contributed by atoms with Crippen molar-refractivity contribution in [2.75, 3.05) is 20.2 Å². The number of nitrogens with zero attached hydrogens (tertiary/aromatic N) is 5. The number of phosphoric acid groups is 1. The largest absolute Gasteiger partial charge is 0.510 e. The third-order valence-corrected chi connectivity index (χ3v) is 9.64. The molecule has 0 aromatic carbocycles. The van der Waals surface area contributed by atoms with E-state index in [1.54, 1.807) is 27.7 Å². The number of hydrogen-bond donors (Lipinski definition) is 2. The number of allylic oxidation sites excluding steroid dienone is 1. The van der Waals surface area contributed by atoms with E-state index >= 15 is 0 Å². The Balaban J connectivity index is 1.44. The normalized spacial score (nSPS) is 16.4. The van der Waals surface area contributed by atoms with Crippen molar-refractivity contribution in [1.82, 2.24) is 25.1 Å². The van der Waals surface area contributed by atoms with Crippen LogP contribution in [-0.2, 0) is 48.6 Å². The molecule has 4 rings (SSSR count). The molecule has 1 saturated carbocycles. The lowest BCUT2D eigenvalue weighted by molar-refractivity contribution is -0.0493. The molecule has 1 fully saturated rings. The molecule has 3 heterocycles. The summed E-state index contributed by atoms with van der Waals surface area (Å²) in [6, 6.07) is 1.59. The van der Waals surface area contributed by atoms with Crippen LogP contribution < -0.4 is 11.1 Å². The number of carbonyl (C=O) groups excluding carboxylic acids is 3. The van der Waals surface area contributed by atoms with E-state index < -0.39 is 76.0 Å². The van der Waals surface area contributed by atoms with Crippen molar-refractivity contribution in [3.63, 3.8) is 0 Å². The fourth-order valence-electron chi connectivity index (χ4n) is 4.89. The quantitative estimate of drug-likeness (QED) is 0.0442. The first-order chi connectivity index (χ1) is 27.1. The van der Waals surface area contributed by atoms with Crippen molar-refractivity contribution >= 4 is 49.3 Å². The van der Waals surface area contributed by atoms with Gasteiger partial charge < -0.3 is 34.7 Å². The van der Waals surface area contributed by atoms with Crippen LogP contribution in [0.1, 0.15) is 76.5 Å². The highest BCUT2D eigenvalue weighted by atomic mass is 32.1. The molecule has 0 spiro atoms. The number of rotatable bonds is 19. The third-order valence-electron chi connectivity index (χ3n) is 7.47. The topological polar surface area (TPSA) is 236 Å². The number of amides is 1. The van der Waals surface area contributed by atoms with Crippen molar-refractivity contribution in [3.05, 3.63) is 58.8 Å². The van der Waals surface area contributed by atoms with Crippen LogP contribution >= 0.6 is 19.2 Å². The monoisotopic (exact) mass is 843 g/mol. The molecule has 1 aliphatic carbocycles. The molecule has 0 radical (unpaired) electrons. The number of nitrogens with one attached hydrogen (secondary N) is 1. The summed E-state index contributed by atoms with van der Waals surface area (Å²) in [6.07, 6.45) is 4.04. The van der Waals surface area contributed by atoms with Gasteiger partial charge in [0.1, 0.15) is 16.4 Å². The number of nitrogens with two attached hydrogens (primary N) is 1. The maximum absolute atomic E-state index is 14.7. The summed E-state index contributed by atoms with van der Waals surface area (Å²) in [5.74, 6) is -2.61. The molecule has 1 aliphatic rings. The summed E-state index contributed by atoms with van der Waals surface area (Å²) >= 11 is 1.07. The second kappa shape index (κ2) is 21.6. The van der Waals surface area contributed by atoms with Crippen LogP contribution in [0.4, 0.5) is 18.4 Å². The van der Waals surface area contributed by atoms with Crippen molar-refractivity contribution < 1.29 is 65.0 Å². The van der Waals surface area contributed by atoms with E-state index in [0.29, 0.717) is 30.0 Å². The van der Waals surface area contributed by atoms with Crippen LogP contribution in [0.5, 0.6) is 0 Å². The van der Waals surface area contributed by atoms with Gasteiger partial charge in [-0.1, -0.05) is 0 Å². The number of aliphatic imine (C=N–C) groups is 1. The molecule has 312 valence electrons. The number of hydrogen-bond acceptors (Lipinski definition) is 18. The van der Waals surface area contributed by atoms with Crippen LogP contribution in [0.3, 0.4) is 0 Å². The first-order valence-electron chi connectivity index (χ1n) is 17.6. The SMILES string of the molecule is CCOC1CCC(N=CC(NC(=O)c2csc(-c3cnn(COP(=O)(OCOC(=O)OC(C)C)OCOC(=O)OC(C)C)c3)n2)=C(N)c2nc(F)ccc2F)CC1. The first-order valence-corrected chi connectivity index (χ1v) is 20.0. The van der Waals surface area contributed by atoms with E-state index in [9.17, 15) is 27.7 Å². The van der Waals surface area contributed by atoms with E-state index in [1.165, 1.54) is 28.7 Å². The van der Waals surface area contributed by atoms with Crippen molar-refractivity contribution in [3.8, 4) is 10.6 Å². The van der Waals surface area contributed by atoms with E-state index in [4.69, 9.17) is 43.0 Å². The molecular weight excluding hydrogens is 799 g/mol. The summed E-state index contributed by atoms with van der Waals surface area (Å²) in [7, 11) is -4.58. The Bertz CT molecular complexity index is 1900. The molecule has 19 nitrogen and oxygen atoms in total. The highest BCUT2D eigenvalue weighted by molar-refractivity contribution is 7.48. The summed E-state index contributed by atoms with van der Waals surface area (Å²) in [4.78, 5) is 49.4. The van der Waals surface area contributed by atoms with Gasteiger partial charge in [0.05, 0.1) is 41.9 Å². The average molecular weight is 844 g/mol. The number of carbonyl (C=O) groups is 3. The summed E-state index contributed by atoms with van der Waals surface area (Å²) in [6.45, 7) is 6.51. The van der Waals surface area contributed by atoms with Crippen LogP contribution in [-0.4, -0.2) is 88.7 Å². The van der Waals surface area contributed by atoms with Gasteiger partial charge in [-0.15, -0.1) is 11.3 Å². The molecule has 0 aliphatic heterocycles. The highest BCUT2D eigenvalue weighted by Crippen LogP contribution is 2.49. The predicted molar refractivity (Wildman–Crippen MR) is 198 cm³/mol. The molecule has 3 aromatic rings. The number of aromatic nitrogens is 4. The Labute approximate surface area is 330 Å². The second-order valence-corrected chi connectivity index (χ2v) is 15.1.